The Hall–Kier alpha value is -3.86. The number of nitrogens with zero attached hydrogens (tertiary/aromatic N) is 2. The molecule has 1 aromatic heterocycles. The van der Waals surface area contributed by atoms with Gasteiger partial charge in [0, 0.05) is 23.1 Å². The molecule has 0 aliphatic carbocycles. The number of carboxylic acids is 1. The Morgan fingerprint density at radius 3 is 2.03 bits per heavy atom. The number of phenols is 2. The smallest absolute Gasteiger partial charge is 0.339 e. The predicted octanol–water partition coefficient (Wildman–Crippen LogP) is 2.27. The molecule has 1 heterocycles. The highest BCUT2D eigenvalue weighted by Gasteiger charge is 2.15. The van der Waals surface area contributed by atoms with Crippen molar-refractivity contribution in [2.45, 2.75) is 18.7 Å². The first-order chi connectivity index (χ1) is 14.0. The monoisotopic (exact) mass is 432 g/mol. The van der Waals surface area contributed by atoms with Gasteiger partial charge in [0.25, 0.3) is 10.0 Å². The minimum Gasteiger partial charge on any atom is -0.508 e. The minimum absolute atomic E-state index is 0.0642. The topological polar surface area (TPSA) is 176 Å². The minimum atomic E-state index is -3.69. The summed E-state index contributed by atoms with van der Waals surface area (Å²) in [5.74, 6) is -1.75. The Morgan fingerprint density at radius 1 is 0.967 bits per heavy atom. The molecule has 11 heteroatoms. The fraction of sp³-hybridized carbons (Fsp3) is 0.105. The number of benzene rings is 2. The fourth-order valence-corrected chi connectivity index (χ4v) is 3.24. The van der Waals surface area contributed by atoms with Gasteiger partial charge in [0.05, 0.1) is 4.90 Å². The summed E-state index contributed by atoms with van der Waals surface area (Å²) < 4.78 is 26.6. The standard InChI is InChI=1S/C12H14N4O2S.C7H6O4/c1-8-7-9(2)15-12(14-8)16-19(17,18)11-5-3-10(13)4-6-11;8-4-1-2-5(7(10)11)6(9)3-4/h3-7H,13H2,1-2H3,(H,14,15,16);1-3,8-9H,(H,10,11). The zero-order chi connectivity index (χ0) is 22.5. The van der Waals surface area contributed by atoms with Crippen molar-refractivity contribution in [1.82, 2.24) is 9.97 Å². The number of nitrogens with two attached hydrogens (primary N) is 1. The maximum atomic E-state index is 12.1. The molecule has 0 aliphatic rings. The number of sulfonamides is 1. The van der Waals surface area contributed by atoms with Crippen LogP contribution in [0.25, 0.3) is 0 Å². The maximum Gasteiger partial charge on any atom is 0.339 e. The largest absolute Gasteiger partial charge is 0.508 e. The highest BCUT2D eigenvalue weighted by Crippen LogP contribution is 2.22. The quantitative estimate of drug-likeness (QED) is 0.387. The van der Waals surface area contributed by atoms with E-state index in [4.69, 9.17) is 21.1 Å². The van der Waals surface area contributed by atoms with E-state index in [0.29, 0.717) is 17.1 Å². The fourth-order valence-electron chi connectivity index (χ4n) is 2.30. The first kappa shape index (κ1) is 22.4. The molecule has 0 radical (unpaired) electrons. The zero-order valence-electron chi connectivity index (χ0n) is 16.1. The average Bonchev–Trinajstić information content (AvgIpc) is 2.61. The van der Waals surface area contributed by atoms with Crippen molar-refractivity contribution in [2.75, 3.05) is 10.5 Å². The molecule has 6 N–H and O–H groups in total. The van der Waals surface area contributed by atoms with Gasteiger partial charge >= 0.3 is 5.97 Å². The lowest BCUT2D eigenvalue weighted by molar-refractivity contribution is 0.0693. The zero-order valence-corrected chi connectivity index (χ0v) is 16.9. The molecule has 0 bridgehead atoms. The molecule has 0 spiro atoms. The summed E-state index contributed by atoms with van der Waals surface area (Å²) in [6.45, 7) is 3.55. The van der Waals surface area contributed by atoms with Crippen LogP contribution in [0, 0.1) is 13.8 Å². The molecule has 0 fully saturated rings. The van der Waals surface area contributed by atoms with Gasteiger partial charge in [-0.3, -0.25) is 0 Å². The summed E-state index contributed by atoms with van der Waals surface area (Å²) in [4.78, 5) is 18.5. The Morgan fingerprint density at radius 2 is 1.53 bits per heavy atom. The van der Waals surface area contributed by atoms with Crippen LogP contribution >= 0.6 is 0 Å². The normalized spacial score (nSPS) is 10.6. The van der Waals surface area contributed by atoms with Gasteiger partial charge in [0.15, 0.2) is 0 Å². The molecule has 158 valence electrons. The molecule has 2 aromatic carbocycles. The molecule has 30 heavy (non-hydrogen) atoms. The van der Waals surface area contributed by atoms with Gasteiger partial charge in [-0.05, 0) is 56.3 Å². The van der Waals surface area contributed by atoms with Crippen molar-refractivity contribution < 1.29 is 28.5 Å². The number of aromatic nitrogens is 2. The van der Waals surface area contributed by atoms with Crippen molar-refractivity contribution in [3.05, 3.63) is 65.5 Å². The van der Waals surface area contributed by atoms with Gasteiger partial charge in [-0.25, -0.2) is 27.9 Å². The lowest BCUT2D eigenvalue weighted by Gasteiger charge is -2.08. The van der Waals surface area contributed by atoms with Crippen LogP contribution in [0.4, 0.5) is 11.6 Å². The second kappa shape index (κ2) is 9.09. The average molecular weight is 432 g/mol. The summed E-state index contributed by atoms with van der Waals surface area (Å²) in [7, 11) is -3.69. The van der Waals surface area contributed by atoms with Crippen LogP contribution in [0.15, 0.2) is 53.4 Å². The van der Waals surface area contributed by atoms with E-state index in [1.807, 2.05) is 0 Å². The highest BCUT2D eigenvalue weighted by atomic mass is 32.2. The second-order valence-electron chi connectivity index (χ2n) is 6.16. The third-order valence-electron chi connectivity index (χ3n) is 3.61. The van der Waals surface area contributed by atoms with Gasteiger partial charge in [-0.1, -0.05) is 0 Å². The number of carbonyl (C=O) groups is 1. The number of aryl methyl sites for hydroxylation is 2. The number of hydrogen-bond donors (Lipinski definition) is 5. The van der Waals surface area contributed by atoms with Crippen LogP contribution in [0.3, 0.4) is 0 Å². The Labute approximate surface area is 172 Å². The van der Waals surface area contributed by atoms with Crippen LogP contribution in [-0.2, 0) is 10.0 Å². The van der Waals surface area contributed by atoms with E-state index in [1.165, 1.54) is 30.3 Å². The van der Waals surface area contributed by atoms with Crippen molar-refractivity contribution in [3.63, 3.8) is 0 Å². The van der Waals surface area contributed by atoms with Gasteiger partial charge < -0.3 is 21.1 Å². The Balaban J connectivity index is 0.000000248. The van der Waals surface area contributed by atoms with Crippen LogP contribution in [0.1, 0.15) is 21.7 Å². The van der Waals surface area contributed by atoms with Crippen molar-refractivity contribution in [3.8, 4) is 11.5 Å². The van der Waals surface area contributed by atoms with E-state index < -0.39 is 21.7 Å². The SMILES string of the molecule is Cc1cc(C)nc(NS(=O)(=O)c2ccc(N)cc2)n1.O=C(O)c1ccc(O)cc1O. The molecule has 0 saturated heterocycles. The number of carboxylic acid groups (broad SMARTS) is 1. The van der Waals surface area contributed by atoms with Crippen molar-refractivity contribution >= 4 is 27.6 Å². The summed E-state index contributed by atoms with van der Waals surface area (Å²) in [6, 6.07) is 11.0. The van der Waals surface area contributed by atoms with Crippen molar-refractivity contribution in [1.29, 1.82) is 0 Å². The molecule has 0 unspecified atom stereocenters. The van der Waals surface area contributed by atoms with Crippen LogP contribution < -0.4 is 10.5 Å². The molecular formula is C19H20N4O6S. The van der Waals surface area contributed by atoms with Crippen LogP contribution in [0.2, 0.25) is 0 Å². The Kier molecular flexibility index (Phi) is 6.80. The number of anilines is 2. The number of aromatic hydroxyl groups is 2. The Bertz CT molecular complexity index is 1140. The van der Waals surface area contributed by atoms with Gasteiger partial charge in [-0.15, -0.1) is 0 Å². The lowest BCUT2D eigenvalue weighted by Crippen LogP contribution is -2.15. The highest BCUT2D eigenvalue weighted by molar-refractivity contribution is 7.92. The van der Waals surface area contributed by atoms with Gasteiger partial charge in [0.1, 0.15) is 17.1 Å². The predicted molar refractivity (Wildman–Crippen MR) is 110 cm³/mol. The number of phenolic OH excluding ortho intramolecular Hbond substituents is 1. The molecular weight excluding hydrogens is 412 g/mol. The van der Waals surface area contributed by atoms with E-state index in [0.717, 1.165) is 12.1 Å². The lowest BCUT2D eigenvalue weighted by atomic mass is 10.2. The molecule has 0 saturated carbocycles. The second-order valence-corrected chi connectivity index (χ2v) is 7.84. The molecule has 10 nitrogen and oxygen atoms in total. The summed E-state index contributed by atoms with van der Waals surface area (Å²) in [5, 5.41) is 26.1. The van der Waals surface area contributed by atoms with Gasteiger partial charge in [-0.2, -0.15) is 0 Å². The van der Waals surface area contributed by atoms with Crippen molar-refractivity contribution in [2.24, 2.45) is 0 Å². The van der Waals surface area contributed by atoms with Crippen LogP contribution in [0.5, 0.6) is 11.5 Å². The molecule has 0 atom stereocenters. The van der Waals surface area contributed by atoms with E-state index in [-0.39, 0.29) is 22.2 Å². The third-order valence-corrected chi connectivity index (χ3v) is 4.95. The number of nitrogen functional groups attached to an aromatic ring is 1. The van der Waals surface area contributed by atoms with Crippen LogP contribution in [-0.4, -0.2) is 39.7 Å². The number of hydrogen-bond acceptors (Lipinski definition) is 8. The molecule has 0 aliphatic heterocycles. The number of nitrogens with one attached hydrogen (secondary N) is 1. The molecule has 3 rings (SSSR count). The summed E-state index contributed by atoms with van der Waals surface area (Å²) >= 11 is 0. The molecule has 0 amide bonds. The van der Waals surface area contributed by atoms with E-state index in [1.54, 1.807) is 19.9 Å². The van der Waals surface area contributed by atoms with Gasteiger partial charge in [0.2, 0.25) is 5.95 Å². The summed E-state index contributed by atoms with van der Waals surface area (Å²) in [6.07, 6.45) is 0. The molecule has 3 aromatic rings. The first-order valence-corrected chi connectivity index (χ1v) is 9.92. The number of aromatic carboxylic acids is 1. The number of rotatable bonds is 4. The third kappa shape index (κ3) is 6.07. The van der Waals surface area contributed by atoms with E-state index in [2.05, 4.69) is 14.7 Å². The summed E-state index contributed by atoms with van der Waals surface area (Å²) in [5.41, 5.74) is 7.20. The maximum absolute atomic E-state index is 12.1. The van der Waals surface area contributed by atoms with E-state index >= 15 is 0 Å². The first-order valence-electron chi connectivity index (χ1n) is 8.44. The van der Waals surface area contributed by atoms with E-state index in [9.17, 15) is 13.2 Å².